The highest BCUT2D eigenvalue weighted by molar-refractivity contribution is 7.90. The van der Waals surface area contributed by atoms with Crippen molar-refractivity contribution in [2.24, 2.45) is 0 Å². The molecule has 0 unspecified atom stereocenters. The van der Waals surface area contributed by atoms with E-state index in [0.717, 1.165) is 25.3 Å². The topological polar surface area (TPSA) is 87.0 Å². The Kier molecular flexibility index (Phi) is 4.66. The van der Waals surface area contributed by atoms with E-state index in [1.54, 1.807) is 6.08 Å². The van der Waals surface area contributed by atoms with Crippen LogP contribution in [0.15, 0.2) is 34.7 Å². The number of amides is 1. The minimum Gasteiger partial charge on any atom is -0.269 e. The molecule has 21 heavy (non-hydrogen) atoms. The molecule has 110 valence electrons. The molecule has 1 N–H and O–H groups in total. The Hall–Kier alpha value is -1.84. The van der Waals surface area contributed by atoms with Crippen molar-refractivity contribution in [2.75, 3.05) is 0 Å². The molecule has 0 saturated carbocycles. The van der Waals surface area contributed by atoms with Crippen molar-refractivity contribution >= 4 is 27.5 Å². The molecule has 2 rings (SSSR count). The largest absolute Gasteiger partial charge is 0.269 e. The van der Waals surface area contributed by atoms with Gasteiger partial charge in [-0.15, -0.1) is 0 Å². The molecule has 1 aromatic carbocycles. The Morgan fingerprint density at radius 2 is 2.10 bits per heavy atom. The summed E-state index contributed by atoms with van der Waals surface area (Å²) in [6.07, 6.45) is 5.01. The minimum atomic E-state index is -3.99. The number of rotatable bonds is 3. The van der Waals surface area contributed by atoms with Gasteiger partial charge in [0.2, 0.25) is 0 Å². The maximum absolute atomic E-state index is 12.1. The molecule has 0 spiro atoms. The Bertz CT molecular complexity index is 748. The summed E-state index contributed by atoms with van der Waals surface area (Å²) >= 11 is 5.81. The zero-order valence-corrected chi connectivity index (χ0v) is 12.7. The highest BCUT2D eigenvalue weighted by Gasteiger charge is 2.21. The zero-order valence-electron chi connectivity index (χ0n) is 11.1. The summed E-state index contributed by atoms with van der Waals surface area (Å²) in [5, 5.41) is 8.80. The third kappa shape index (κ3) is 3.63. The van der Waals surface area contributed by atoms with E-state index in [4.69, 9.17) is 16.9 Å². The van der Waals surface area contributed by atoms with Crippen molar-refractivity contribution < 1.29 is 13.2 Å². The van der Waals surface area contributed by atoms with Gasteiger partial charge in [-0.3, -0.25) is 4.79 Å². The van der Waals surface area contributed by atoms with Gasteiger partial charge < -0.3 is 0 Å². The molecule has 1 aliphatic rings. The fourth-order valence-corrected chi connectivity index (χ4v) is 3.35. The first kappa shape index (κ1) is 15.5. The molecular formula is C14H13ClN2O3S. The second-order valence-corrected chi connectivity index (χ2v) is 6.75. The van der Waals surface area contributed by atoms with Gasteiger partial charge >= 0.3 is 0 Å². The maximum atomic E-state index is 12.1. The van der Waals surface area contributed by atoms with Gasteiger partial charge in [0.25, 0.3) is 15.9 Å². The van der Waals surface area contributed by atoms with E-state index in [1.807, 2.05) is 10.8 Å². The van der Waals surface area contributed by atoms with Gasteiger partial charge in [-0.05, 0) is 43.9 Å². The number of nitrogens with zero attached hydrogens (tertiary/aromatic N) is 1. The summed E-state index contributed by atoms with van der Waals surface area (Å²) in [6, 6.07) is 5.55. The molecule has 0 atom stereocenters. The fraction of sp³-hybridized carbons (Fsp3) is 0.286. The lowest BCUT2D eigenvalue weighted by Gasteiger charge is -2.13. The predicted octanol–water partition coefficient (Wildman–Crippen LogP) is 2.52. The van der Waals surface area contributed by atoms with Crippen molar-refractivity contribution in [2.45, 2.75) is 30.6 Å². The number of hydrogen-bond acceptors (Lipinski definition) is 4. The van der Waals surface area contributed by atoms with Crippen LogP contribution in [0.4, 0.5) is 0 Å². The highest BCUT2D eigenvalue weighted by atomic mass is 35.5. The number of allylic oxidation sites excluding steroid dienone is 1. The Morgan fingerprint density at radius 3 is 2.67 bits per heavy atom. The average molecular weight is 325 g/mol. The smallest absolute Gasteiger partial charge is 0.264 e. The standard InChI is InChI=1S/C14H13ClN2O3S/c15-13-8-12(7-6-11(13)9-16)21(19,20)17-14(18)10-4-2-1-3-5-10/h4,6-8H,1-3,5H2,(H,17,18). The summed E-state index contributed by atoms with van der Waals surface area (Å²) in [4.78, 5) is 11.8. The third-order valence-corrected chi connectivity index (χ3v) is 4.82. The van der Waals surface area contributed by atoms with Crippen molar-refractivity contribution in [1.82, 2.24) is 4.72 Å². The van der Waals surface area contributed by atoms with Gasteiger partial charge in [-0.2, -0.15) is 5.26 Å². The normalized spacial score (nSPS) is 15.0. The number of carbonyl (C=O) groups is 1. The van der Waals surface area contributed by atoms with Crippen LogP contribution in [0.2, 0.25) is 5.02 Å². The first-order valence-electron chi connectivity index (χ1n) is 6.40. The van der Waals surface area contributed by atoms with Gasteiger partial charge in [0, 0.05) is 5.57 Å². The minimum absolute atomic E-state index is 0.0321. The van der Waals surface area contributed by atoms with Crippen LogP contribution in [0.1, 0.15) is 31.2 Å². The van der Waals surface area contributed by atoms with Crippen LogP contribution < -0.4 is 4.72 Å². The van der Waals surface area contributed by atoms with E-state index < -0.39 is 15.9 Å². The zero-order chi connectivity index (χ0) is 15.5. The lowest BCUT2D eigenvalue weighted by molar-refractivity contribution is -0.116. The summed E-state index contributed by atoms with van der Waals surface area (Å²) in [7, 11) is -3.99. The number of nitriles is 1. The van der Waals surface area contributed by atoms with Crippen LogP contribution in [0.3, 0.4) is 0 Å². The Labute approximate surface area is 128 Å². The number of nitrogens with one attached hydrogen (secondary N) is 1. The van der Waals surface area contributed by atoms with Crippen LogP contribution in [-0.4, -0.2) is 14.3 Å². The lowest BCUT2D eigenvalue weighted by atomic mass is 9.99. The molecule has 0 fully saturated rings. The average Bonchev–Trinajstić information content (AvgIpc) is 2.47. The van der Waals surface area contributed by atoms with Crippen LogP contribution in [-0.2, 0) is 14.8 Å². The Morgan fingerprint density at radius 1 is 1.33 bits per heavy atom. The molecule has 0 aromatic heterocycles. The second kappa shape index (κ2) is 6.29. The summed E-state index contributed by atoms with van der Waals surface area (Å²) in [6.45, 7) is 0. The first-order valence-corrected chi connectivity index (χ1v) is 8.26. The maximum Gasteiger partial charge on any atom is 0.264 e. The summed E-state index contributed by atoms with van der Waals surface area (Å²) in [5.74, 6) is -0.602. The number of sulfonamides is 1. The van der Waals surface area contributed by atoms with E-state index >= 15 is 0 Å². The molecule has 0 radical (unpaired) electrons. The van der Waals surface area contributed by atoms with Gasteiger partial charge in [-0.1, -0.05) is 17.7 Å². The van der Waals surface area contributed by atoms with Crippen LogP contribution in [0.25, 0.3) is 0 Å². The third-order valence-electron chi connectivity index (χ3n) is 3.18. The SMILES string of the molecule is N#Cc1ccc(S(=O)(=O)NC(=O)C2=CCCCC2)cc1Cl. The summed E-state index contributed by atoms with van der Waals surface area (Å²) in [5.41, 5.74) is 0.668. The van der Waals surface area contributed by atoms with Gasteiger partial charge in [0.1, 0.15) is 6.07 Å². The molecule has 1 aromatic rings. The van der Waals surface area contributed by atoms with Crippen molar-refractivity contribution in [3.05, 3.63) is 40.4 Å². The van der Waals surface area contributed by atoms with Crippen molar-refractivity contribution in [1.29, 1.82) is 5.26 Å². The van der Waals surface area contributed by atoms with Gasteiger partial charge in [-0.25, -0.2) is 13.1 Å². The van der Waals surface area contributed by atoms with Crippen LogP contribution >= 0.6 is 11.6 Å². The van der Waals surface area contributed by atoms with E-state index in [0.29, 0.717) is 12.0 Å². The molecule has 1 aliphatic carbocycles. The van der Waals surface area contributed by atoms with Crippen LogP contribution in [0.5, 0.6) is 0 Å². The summed E-state index contributed by atoms with van der Waals surface area (Å²) < 4.78 is 26.3. The van der Waals surface area contributed by atoms with Gasteiger partial charge in [0.05, 0.1) is 15.5 Å². The van der Waals surface area contributed by atoms with E-state index in [9.17, 15) is 13.2 Å². The highest BCUT2D eigenvalue weighted by Crippen LogP contribution is 2.21. The molecule has 0 heterocycles. The number of hydrogen-bond donors (Lipinski definition) is 1. The fourth-order valence-electron chi connectivity index (χ4n) is 2.04. The van der Waals surface area contributed by atoms with E-state index in [2.05, 4.69) is 0 Å². The molecule has 7 heteroatoms. The van der Waals surface area contributed by atoms with Crippen molar-refractivity contribution in [3.8, 4) is 6.07 Å². The molecule has 1 amide bonds. The van der Waals surface area contributed by atoms with Crippen LogP contribution in [0, 0.1) is 11.3 Å². The first-order chi connectivity index (χ1) is 9.94. The van der Waals surface area contributed by atoms with E-state index in [-0.39, 0.29) is 15.5 Å². The molecule has 5 nitrogen and oxygen atoms in total. The number of benzene rings is 1. The van der Waals surface area contributed by atoms with Gasteiger partial charge in [0.15, 0.2) is 0 Å². The van der Waals surface area contributed by atoms with Crippen molar-refractivity contribution in [3.63, 3.8) is 0 Å². The molecule has 0 saturated heterocycles. The molecule has 0 aliphatic heterocycles. The molecule has 0 bridgehead atoms. The quantitative estimate of drug-likeness (QED) is 0.925. The second-order valence-electron chi connectivity index (χ2n) is 4.66. The lowest BCUT2D eigenvalue weighted by Crippen LogP contribution is -2.32. The predicted molar refractivity (Wildman–Crippen MR) is 78.0 cm³/mol. The monoisotopic (exact) mass is 324 g/mol. The number of halogens is 1. The molecular weight excluding hydrogens is 312 g/mol. The number of carbonyl (C=O) groups excluding carboxylic acids is 1. The Balaban J connectivity index is 2.22. The van der Waals surface area contributed by atoms with E-state index in [1.165, 1.54) is 12.1 Å².